The van der Waals surface area contributed by atoms with E-state index >= 15 is 0 Å². The number of likely N-dealkylation sites (N-methyl/N-ethyl adjacent to an activating group) is 1. The summed E-state index contributed by atoms with van der Waals surface area (Å²) in [6.07, 6.45) is 9.07. The molecular formula is C28H35N7O2S. The van der Waals surface area contributed by atoms with Gasteiger partial charge in [-0.2, -0.15) is 5.10 Å². The number of rotatable bonds is 10. The first kappa shape index (κ1) is 25.1. The SMILES string of the molecule is CC(C)Oc1cc2[nH]ncc2cc1Nc1ncnc2sc3c(c12)CCC(CNCC(=O)N(C)CC1CC1)C3. The summed E-state index contributed by atoms with van der Waals surface area (Å²) in [4.78, 5) is 26.0. The molecule has 0 bridgehead atoms. The highest BCUT2D eigenvalue weighted by molar-refractivity contribution is 7.19. The first-order valence-corrected chi connectivity index (χ1v) is 14.4. The highest BCUT2D eigenvalue weighted by atomic mass is 32.1. The third-order valence-electron chi connectivity index (χ3n) is 7.47. The zero-order valence-electron chi connectivity index (χ0n) is 22.2. The van der Waals surface area contributed by atoms with Crippen molar-refractivity contribution in [3.8, 4) is 5.75 Å². The number of aromatic amines is 1. The third kappa shape index (κ3) is 5.33. The molecule has 6 rings (SSSR count). The Bertz CT molecular complexity index is 1460. The summed E-state index contributed by atoms with van der Waals surface area (Å²) in [6.45, 7) is 6.21. The van der Waals surface area contributed by atoms with Crippen molar-refractivity contribution in [2.45, 2.75) is 52.1 Å². The average molecular weight is 534 g/mol. The minimum atomic E-state index is 0.0367. The van der Waals surface area contributed by atoms with Gasteiger partial charge < -0.3 is 20.3 Å². The maximum absolute atomic E-state index is 12.4. The van der Waals surface area contributed by atoms with Crippen molar-refractivity contribution >= 4 is 49.9 Å². The van der Waals surface area contributed by atoms with E-state index < -0.39 is 0 Å². The van der Waals surface area contributed by atoms with E-state index in [1.54, 1.807) is 17.7 Å². The van der Waals surface area contributed by atoms with E-state index in [1.807, 2.05) is 44.1 Å². The molecule has 1 amide bonds. The van der Waals surface area contributed by atoms with Crippen LogP contribution in [0.4, 0.5) is 11.5 Å². The van der Waals surface area contributed by atoms with E-state index in [2.05, 4.69) is 30.8 Å². The number of hydrogen-bond donors (Lipinski definition) is 3. The lowest BCUT2D eigenvalue weighted by atomic mass is 9.87. The van der Waals surface area contributed by atoms with Crippen LogP contribution in [0.1, 0.15) is 43.6 Å². The van der Waals surface area contributed by atoms with Crippen molar-refractivity contribution in [2.24, 2.45) is 11.8 Å². The molecule has 0 aliphatic heterocycles. The van der Waals surface area contributed by atoms with Crippen LogP contribution in [0.15, 0.2) is 24.7 Å². The number of fused-ring (bicyclic) bond motifs is 4. The molecule has 1 atom stereocenters. The number of hydrogen-bond acceptors (Lipinski definition) is 8. The van der Waals surface area contributed by atoms with Gasteiger partial charge in [0.2, 0.25) is 5.91 Å². The topological polar surface area (TPSA) is 108 Å². The number of aromatic nitrogens is 4. The number of H-pyrrole nitrogens is 1. The van der Waals surface area contributed by atoms with Gasteiger partial charge in [-0.1, -0.05) is 0 Å². The normalized spacial score (nSPS) is 17.2. The first-order chi connectivity index (χ1) is 18.4. The monoisotopic (exact) mass is 533 g/mol. The largest absolute Gasteiger partial charge is 0.489 e. The average Bonchev–Trinajstić information content (AvgIpc) is 3.45. The maximum atomic E-state index is 12.4. The minimum absolute atomic E-state index is 0.0367. The third-order valence-corrected chi connectivity index (χ3v) is 8.63. The highest BCUT2D eigenvalue weighted by Gasteiger charge is 2.27. The van der Waals surface area contributed by atoms with Crippen LogP contribution in [0.3, 0.4) is 0 Å². The molecule has 0 spiro atoms. The Morgan fingerprint density at radius 3 is 2.92 bits per heavy atom. The smallest absolute Gasteiger partial charge is 0.236 e. The van der Waals surface area contributed by atoms with Crippen molar-refractivity contribution < 1.29 is 9.53 Å². The molecular weight excluding hydrogens is 498 g/mol. The van der Waals surface area contributed by atoms with Crippen LogP contribution in [-0.4, -0.2) is 63.8 Å². The number of ether oxygens (including phenoxy) is 1. The molecule has 9 nitrogen and oxygen atoms in total. The van der Waals surface area contributed by atoms with Crippen molar-refractivity contribution in [3.05, 3.63) is 35.1 Å². The van der Waals surface area contributed by atoms with Gasteiger partial charge in [-0.3, -0.25) is 9.89 Å². The zero-order valence-corrected chi connectivity index (χ0v) is 23.0. The summed E-state index contributed by atoms with van der Waals surface area (Å²) in [5, 5.41) is 16.3. The van der Waals surface area contributed by atoms with Gasteiger partial charge in [-0.05, 0) is 76.0 Å². The quantitative estimate of drug-likeness (QED) is 0.272. The second kappa shape index (κ2) is 10.5. The predicted molar refractivity (Wildman–Crippen MR) is 151 cm³/mol. The van der Waals surface area contributed by atoms with Crippen LogP contribution in [0.25, 0.3) is 21.1 Å². The van der Waals surface area contributed by atoms with Crippen LogP contribution in [0.5, 0.6) is 5.75 Å². The fraction of sp³-hybridized carbons (Fsp3) is 0.500. The molecule has 2 aliphatic carbocycles. The molecule has 1 unspecified atom stereocenters. The summed E-state index contributed by atoms with van der Waals surface area (Å²) in [5.74, 6) is 2.99. The molecule has 3 aromatic heterocycles. The van der Waals surface area contributed by atoms with Gasteiger partial charge in [0.25, 0.3) is 0 Å². The molecule has 4 aromatic rings. The van der Waals surface area contributed by atoms with E-state index in [4.69, 9.17) is 4.74 Å². The number of nitrogens with zero attached hydrogens (tertiary/aromatic N) is 4. The van der Waals surface area contributed by atoms with Crippen LogP contribution in [0.2, 0.25) is 0 Å². The molecule has 0 saturated heterocycles. The molecule has 2 aliphatic rings. The molecule has 10 heteroatoms. The molecule has 1 saturated carbocycles. The summed E-state index contributed by atoms with van der Waals surface area (Å²) in [5.41, 5.74) is 3.14. The lowest BCUT2D eigenvalue weighted by molar-refractivity contribution is -0.129. The maximum Gasteiger partial charge on any atom is 0.236 e. The molecule has 3 N–H and O–H groups in total. The summed E-state index contributed by atoms with van der Waals surface area (Å²) < 4.78 is 6.12. The van der Waals surface area contributed by atoms with Crippen LogP contribution in [-0.2, 0) is 17.6 Å². The molecule has 200 valence electrons. The molecule has 0 radical (unpaired) electrons. The number of carbonyl (C=O) groups excluding carboxylic acids is 1. The Labute approximate surface area is 226 Å². The van der Waals surface area contributed by atoms with Crippen LogP contribution >= 0.6 is 11.3 Å². The Kier molecular flexibility index (Phi) is 6.92. The Balaban J connectivity index is 1.17. The highest BCUT2D eigenvalue weighted by Crippen LogP contribution is 2.41. The molecule has 1 fully saturated rings. The molecule has 1 aromatic carbocycles. The van der Waals surface area contributed by atoms with E-state index in [0.717, 1.165) is 76.6 Å². The second-order valence-corrected chi connectivity index (χ2v) is 12.0. The van der Waals surface area contributed by atoms with E-state index in [9.17, 15) is 4.79 Å². The van der Waals surface area contributed by atoms with Gasteiger partial charge in [0.05, 0.1) is 35.4 Å². The van der Waals surface area contributed by atoms with Gasteiger partial charge in [0.15, 0.2) is 0 Å². The van der Waals surface area contributed by atoms with Gasteiger partial charge >= 0.3 is 0 Å². The fourth-order valence-corrected chi connectivity index (χ4v) is 6.61. The number of carbonyl (C=O) groups is 1. The van der Waals surface area contributed by atoms with Crippen molar-refractivity contribution in [2.75, 3.05) is 32.0 Å². The Hall–Kier alpha value is -3.24. The van der Waals surface area contributed by atoms with Crippen LogP contribution in [0, 0.1) is 11.8 Å². The minimum Gasteiger partial charge on any atom is -0.489 e. The van der Waals surface area contributed by atoms with E-state index in [0.29, 0.717) is 12.5 Å². The lowest BCUT2D eigenvalue weighted by Crippen LogP contribution is -2.38. The van der Waals surface area contributed by atoms with Gasteiger partial charge in [0.1, 0.15) is 22.7 Å². The summed E-state index contributed by atoms with van der Waals surface area (Å²) in [6, 6.07) is 4.03. The van der Waals surface area contributed by atoms with Crippen molar-refractivity contribution in [3.63, 3.8) is 0 Å². The predicted octanol–water partition coefficient (Wildman–Crippen LogP) is 4.66. The number of nitrogens with one attached hydrogen (secondary N) is 3. The Morgan fingerprint density at radius 2 is 2.11 bits per heavy atom. The zero-order chi connectivity index (χ0) is 26.2. The van der Waals surface area contributed by atoms with E-state index in [-0.39, 0.29) is 12.0 Å². The lowest BCUT2D eigenvalue weighted by Gasteiger charge is -2.23. The van der Waals surface area contributed by atoms with Crippen molar-refractivity contribution in [1.82, 2.24) is 30.4 Å². The summed E-state index contributed by atoms with van der Waals surface area (Å²) >= 11 is 1.77. The van der Waals surface area contributed by atoms with Gasteiger partial charge in [-0.25, -0.2) is 9.97 Å². The van der Waals surface area contributed by atoms with Gasteiger partial charge in [-0.15, -0.1) is 11.3 Å². The summed E-state index contributed by atoms with van der Waals surface area (Å²) in [7, 11) is 1.92. The van der Waals surface area contributed by atoms with Crippen molar-refractivity contribution in [1.29, 1.82) is 0 Å². The van der Waals surface area contributed by atoms with E-state index in [1.165, 1.54) is 23.3 Å². The van der Waals surface area contributed by atoms with Gasteiger partial charge in [0, 0.05) is 29.9 Å². The molecule has 38 heavy (non-hydrogen) atoms. The fourth-order valence-electron chi connectivity index (χ4n) is 5.30. The van der Waals surface area contributed by atoms with Crippen LogP contribution < -0.4 is 15.4 Å². The second-order valence-electron chi connectivity index (χ2n) is 11.0. The number of thiophene rings is 1. The number of benzene rings is 1. The number of amides is 1. The standard InChI is InChI=1S/C28H35N7O2S/c1-16(2)37-23-10-21-19(12-32-34-21)9-22(23)33-27-26-20-7-6-18(8-24(20)38-28(26)31-15-30-27)11-29-13-25(36)35(3)14-17-4-5-17/h9-10,12,15-18,29H,4-8,11,13-14H2,1-3H3,(H,32,34)(H,30,31,33). The molecule has 3 heterocycles. The Morgan fingerprint density at radius 1 is 1.24 bits per heavy atom. The number of aryl methyl sites for hydroxylation is 1. The first-order valence-electron chi connectivity index (χ1n) is 13.5. The number of anilines is 2.